The average Bonchev–Trinajstić information content (AvgIpc) is 2.45. The monoisotopic (exact) mass is 292 g/mol. The van der Waals surface area contributed by atoms with E-state index in [1.165, 1.54) is 6.33 Å². The van der Waals surface area contributed by atoms with Gasteiger partial charge in [-0.2, -0.15) is 0 Å². The second-order valence-electron chi connectivity index (χ2n) is 5.88. The van der Waals surface area contributed by atoms with Crippen LogP contribution in [0.5, 0.6) is 0 Å². The second-order valence-corrected chi connectivity index (χ2v) is 5.88. The summed E-state index contributed by atoms with van der Waals surface area (Å²) in [5.41, 5.74) is 3.27. The standard InChI is InChI=1S/C15H18F2N4/c1-7-11(16)4-10(5-12(7)17)13-14-15(19-6-18-13)21-9(3)8(2)20-14/h6-7,10-12H,4-5H2,1-3H3. The summed E-state index contributed by atoms with van der Waals surface area (Å²) in [6, 6.07) is 0. The van der Waals surface area contributed by atoms with Gasteiger partial charge < -0.3 is 0 Å². The Morgan fingerprint density at radius 2 is 1.62 bits per heavy atom. The highest BCUT2D eigenvalue weighted by atomic mass is 19.1. The van der Waals surface area contributed by atoms with Crippen LogP contribution < -0.4 is 0 Å². The van der Waals surface area contributed by atoms with E-state index in [1.807, 2.05) is 13.8 Å². The Kier molecular flexibility index (Phi) is 3.55. The Morgan fingerprint density at radius 1 is 1.00 bits per heavy atom. The summed E-state index contributed by atoms with van der Waals surface area (Å²) in [7, 11) is 0. The molecule has 0 aliphatic heterocycles. The van der Waals surface area contributed by atoms with Gasteiger partial charge in [0, 0.05) is 11.8 Å². The fraction of sp³-hybridized carbons (Fsp3) is 0.600. The Hall–Kier alpha value is -1.72. The highest BCUT2D eigenvalue weighted by Crippen LogP contribution is 2.39. The highest BCUT2D eigenvalue weighted by Gasteiger charge is 2.37. The number of fused-ring (bicyclic) bond motifs is 1. The van der Waals surface area contributed by atoms with Crippen molar-refractivity contribution in [3.63, 3.8) is 0 Å². The summed E-state index contributed by atoms with van der Waals surface area (Å²) < 4.78 is 28.0. The minimum Gasteiger partial charge on any atom is -0.247 e. The maximum atomic E-state index is 14.0. The molecule has 6 heteroatoms. The molecule has 3 rings (SSSR count). The number of alkyl halides is 2. The van der Waals surface area contributed by atoms with Crippen LogP contribution in [0, 0.1) is 19.8 Å². The molecule has 2 aromatic rings. The summed E-state index contributed by atoms with van der Waals surface area (Å²) in [5, 5.41) is 0. The van der Waals surface area contributed by atoms with Gasteiger partial charge in [0.05, 0.1) is 17.1 Å². The predicted octanol–water partition coefficient (Wildman–Crippen LogP) is 3.23. The number of nitrogens with zero attached hydrogens (tertiary/aromatic N) is 4. The molecule has 0 aromatic carbocycles. The Morgan fingerprint density at radius 3 is 2.29 bits per heavy atom. The molecule has 0 saturated heterocycles. The minimum absolute atomic E-state index is 0.270. The van der Waals surface area contributed by atoms with E-state index in [0.717, 1.165) is 11.4 Å². The Bertz CT molecular complexity index is 664. The normalized spacial score (nSPS) is 29.8. The molecule has 1 aliphatic rings. The summed E-state index contributed by atoms with van der Waals surface area (Å²) in [6.45, 7) is 5.34. The summed E-state index contributed by atoms with van der Waals surface area (Å²) in [4.78, 5) is 17.2. The van der Waals surface area contributed by atoms with Gasteiger partial charge in [-0.05, 0) is 26.7 Å². The van der Waals surface area contributed by atoms with Gasteiger partial charge in [0.25, 0.3) is 0 Å². The molecule has 0 N–H and O–H groups in total. The van der Waals surface area contributed by atoms with Gasteiger partial charge in [-0.25, -0.2) is 28.7 Å². The molecule has 2 unspecified atom stereocenters. The van der Waals surface area contributed by atoms with E-state index in [2.05, 4.69) is 19.9 Å². The lowest BCUT2D eigenvalue weighted by Gasteiger charge is -2.32. The van der Waals surface area contributed by atoms with Crippen LogP contribution in [0.1, 0.15) is 42.8 Å². The first-order valence-electron chi connectivity index (χ1n) is 7.21. The molecule has 2 heterocycles. The first-order valence-corrected chi connectivity index (χ1v) is 7.21. The molecule has 0 radical (unpaired) electrons. The van der Waals surface area contributed by atoms with Crippen molar-refractivity contribution in [1.29, 1.82) is 0 Å². The maximum Gasteiger partial charge on any atom is 0.181 e. The van der Waals surface area contributed by atoms with Crippen LogP contribution in [0.25, 0.3) is 11.2 Å². The quantitative estimate of drug-likeness (QED) is 0.809. The lowest BCUT2D eigenvalue weighted by molar-refractivity contribution is 0.0748. The first-order chi connectivity index (χ1) is 9.97. The van der Waals surface area contributed by atoms with E-state index in [4.69, 9.17) is 0 Å². The number of rotatable bonds is 1. The summed E-state index contributed by atoms with van der Waals surface area (Å²) in [5.74, 6) is -0.822. The van der Waals surface area contributed by atoms with Gasteiger partial charge in [-0.1, -0.05) is 6.92 Å². The second kappa shape index (κ2) is 5.24. The maximum absolute atomic E-state index is 14.0. The van der Waals surface area contributed by atoms with E-state index < -0.39 is 18.3 Å². The largest absolute Gasteiger partial charge is 0.247 e. The molecular weight excluding hydrogens is 274 g/mol. The third-order valence-electron chi connectivity index (χ3n) is 4.46. The van der Waals surface area contributed by atoms with Gasteiger partial charge in [0.2, 0.25) is 0 Å². The van der Waals surface area contributed by atoms with Gasteiger partial charge in [-0.3, -0.25) is 0 Å². The molecule has 0 amide bonds. The number of hydrogen-bond donors (Lipinski definition) is 0. The fourth-order valence-corrected chi connectivity index (χ4v) is 2.88. The fourth-order valence-electron chi connectivity index (χ4n) is 2.88. The number of hydrogen-bond acceptors (Lipinski definition) is 4. The van der Waals surface area contributed by atoms with Gasteiger partial charge in [0.15, 0.2) is 5.65 Å². The SMILES string of the molecule is Cc1nc2ncnc(C3CC(F)C(C)C(F)C3)c2nc1C. The molecule has 2 aromatic heterocycles. The zero-order valence-electron chi connectivity index (χ0n) is 12.3. The van der Waals surface area contributed by atoms with Crippen molar-refractivity contribution in [2.45, 2.75) is 51.9 Å². The van der Waals surface area contributed by atoms with Crippen LogP contribution in [0.4, 0.5) is 8.78 Å². The average molecular weight is 292 g/mol. The van der Waals surface area contributed by atoms with Crippen LogP contribution in [-0.2, 0) is 0 Å². The summed E-state index contributed by atoms with van der Waals surface area (Å²) in [6.07, 6.45) is -0.337. The Balaban J connectivity index is 2.06. The van der Waals surface area contributed by atoms with Crippen molar-refractivity contribution >= 4 is 11.2 Å². The first kappa shape index (κ1) is 14.2. The predicted molar refractivity (Wildman–Crippen MR) is 75.5 cm³/mol. The molecule has 2 atom stereocenters. The van der Waals surface area contributed by atoms with E-state index in [9.17, 15) is 8.78 Å². The van der Waals surface area contributed by atoms with Crippen molar-refractivity contribution in [2.75, 3.05) is 0 Å². The topological polar surface area (TPSA) is 51.6 Å². The number of aryl methyl sites for hydroxylation is 2. The smallest absolute Gasteiger partial charge is 0.181 e. The van der Waals surface area contributed by atoms with Crippen LogP contribution in [0.2, 0.25) is 0 Å². The molecule has 4 nitrogen and oxygen atoms in total. The van der Waals surface area contributed by atoms with Gasteiger partial charge >= 0.3 is 0 Å². The van der Waals surface area contributed by atoms with Crippen molar-refractivity contribution in [3.8, 4) is 0 Å². The van der Waals surface area contributed by atoms with E-state index in [1.54, 1.807) is 6.92 Å². The Labute approximate surface area is 122 Å². The molecule has 112 valence electrons. The molecule has 21 heavy (non-hydrogen) atoms. The molecule has 1 saturated carbocycles. The molecule has 0 bridgehead atoms. The number of halogens is 2. The lowest BCUT2D eigenvalue weighted by Crippen LogP contribution is -2.33. The molecule has 1 aliphatic carbocycles. The summed E-state index contributed by atoms with van der Waals surface area (Å²) >= 11 is 0. The zero-order chi connectivity index (χ0) is 15.1. The van der Waals surface area contributed by atoms with Crippen LogP contribution in [0.15, 0.2) is 6.33 Å². The van der Waals surface area contributed by atoms with Gasteiger partial charge in [-0.15, -0.1) is 0 Å². The van der Waals surface area contributed by atoms with E-state index in [-0.39, 0.29) is 18.8 Å². The third kappa shape index (κ3) is 2.47. The van der Waals surface area contributed by atoms with Crippen LogP contribution in [-0.4, -0.2) is 32.3 Å². The van der Waals surface area contributed by atoms with Crippen molar-refractivity contribution in [3.05, 3.63) is 23.4 Å². The van der Waals surface area contributed by atoms with Crippen molar-refractivity contribution in [2.24, 2.45) is 5.92 Å². The zero-order valence-corrected chi connectivity index (χ0v) is 12.3. The highest BCUT2D eigenvalue weighted by molar-refractivity contribution is 5.73. The van der Waals surface area contributed by atoms with E-state index >= 15 is 0 Å². The minimum atomic E-state index is -1.15. The lowest BCUT2D eigenvalue weighted by atomic mass is 9.78. The molecular formula is C15H18F2N4. The number of aromatic nitrogens is 4. The van der Waals surface area contributed by atoms with Crippen molar-refractivity contribution in [1.82, 2.24) is 19.9 Å². The van der Waals surface area contributed by atoms with Crippen LogP contribution >= 0.6 is 0 Å². The third-order valence-corrected chi connectivity index (χ3v) is 4.46. The molecule has 0 spiro atoms. The van der Waals surface area contributed by atoms with Gasteiger partial charge in [0.1, 0.15) is 24.2 Å². The molecule has 1 fully saturated rings. The van der Waals surface area contributed by atoms with E-state index in [0.29, 0.717) is 16.9 Å². The van der Waals surface area contributed by atoms with Crippen molar-refractivity contribution < 1.29 is 8.78 Å². The van der Waals surface area contributed by atoms with Crippen LogP contribution in [0.3, 0.4) is 0 Å².